The van der Waals surface area contributed by atoms with Gasteiger partial charge in [0.1, 0.15) is 0 Å². The summed E-state index contributed by atoms with van der Waals surface area (Å²) in [5, 5.41) is 1.81. The van der Waals surface area contributed by atoms with Gasteiger partial charge in [-0.15, -0.1) is 11.3 Å². The number of carbonyl (C=O) groups excluding carboxylic acids is 3. The molecule has 2 heterocycles. The molecule has 0 aliphatic heterocycles. The molecule has 0 bridgehead atoms. The number of rotatable bonds is 7. The Balaban J connectivity index is 1.71. The largest absolute Gasteiger partial charge is 0.457 e. The van der Waals surface area contributed by atoms with Crippen molar-refractivity contribution in [1.29, 1.82) is 0 Å². The molecule has 0 aliphatic rings. The van der Waals surface area contributed by atoms with Crippen LogP contribution < -0.4 is 0 Å². The van der Waals surface area contributed by atoms with Gasteiger partial charge in [-0.1, -0.05) is 6.07 Å². The second kappa shape index (κ2) is 6.81. The smallest absolute Gasteiger partial charge is 0.306 e. The maximum absolute atomic E-state index is 11.7. The second-order valence-corrected chi connectivity index (χ2v) is 5.02. The molecule has 0 saturated carbocycles. The van der Waals surface area contributed by atoms with Crippen molar-refractivity contribution >= 4 is 28.9 Å². The number of esters is 1. The van der Waals surface area contributed by atoms with Crippen molar-refractivity contribution in [2.45, 2.75) is 12.8 Å². The molecular formula is C14H13NO4S. The number of thiophene rings is 1. The van der Waals surface area contributed by atoms with E-state index in [1.165, 1.54) is 11.3 Å². The molecule has 2 rings (SSSR count). The van der Waals surface area contributed by atoms with Gasteiger partial charge in [-0.2, -0.15) is 0 Å². The van der Waals surface area contributed by atoms with Gasteiger partial charge in [-0.05, 0) is 23.6 Å². The zero-order valence-electron chi connectivity index (χ0n) is 10.6. The molecular weight excluding hydrogens is 278 g/mol. The lowest BCUT2D eigenvalue weighted by molar-refractivity contribution is -0.142. The summed E-state index contributed by atoms with van der Waals surface area (Å²) in [6.07, 6.45) is 1.69. The monoisotopic (exact) mass is 291 g/mol. The van der Waals surface area contributed by atoms with E-state index < -0.39 is 5.97 Å². The Morgan fingerprint density at radius 1 is 1.10 bits per heavy atom. The molecule has 0 saturated heterocycles. The number of nitrogens with one attached hydrogen (secondary N) is 1. The lowest BCUT2D eigenvalue weighted by Crippen LogP contribution is -2.15. The van der Waals surface area contributed by atoms with E-state index in [0.29, 0.717) is 10.6 Å². The molecule has 5 nitrogen and oxygen atoms in total. The number of hydrogen-bond acceptors (Lipinski definition) is 5. The van der Waals surface area contributed by atoms with Crippen LogP contribution in [0.1, 0.15) is 33.0 Å². The van der Waals surface area contributed by atoms with Crippen LogP contribution in [0.25, 0.3) is 0 Å². The van der Waals surface area contributed by atoms with E-state index >= 15 is 0 Å². The Bertz CT molecular complexity index is 534. The molecule has 0 spiro atoms. The van der Waals surface area contributed by atoms with Crippen molar-refractivity contribution < 1.29 is 19.1 Å². The molecule has 0 atom stereocenters. The highest BCUT2D eigenvalue weighted by atomic mass is 32.1. The molecule has 0 radical (unpaired) electrons. The van der Waals surface area contributed by atoms with E-state index in [1.807, 2.05) is 0 Å². The minimum absolute atomic E-state index is 0.0191. The molecule has 0 amide bonds. The number of Topliss-reactive ketones (excluding diaryl/α,β-unsaturated/α-hetero) is 2. The van der Waals surface area contributed by atoms with Crippen LogP contribution in [-0.4, -0.2) is 29.1 Å². The average Bonchev–Trinajstić information content (AvgIpc) is 3.14. The van der Waals surface area contributed by atoms with Crippen LogP contribution in [0.3, 0.4) is 0 Å². The highest BCUT2D eigenvalue weighted by molar-refractivity contribution is 7.12. The SMILES string of the molecule is O=C(CCC(=O)c1cccs1)OCC(=O)c1ccc[nH]1. The predicted molar refractivity (Wildman–Crippen MR) is 74.0 cm³/mol. The van der Waals surface area contributed by atoms with E-state index in [1.54, 1.807) is 35.8 Å². The summed E-state index contributed by atoms with van der Waals surface area (Å²) in [6, 6.07) is 6.80. The van der Waals surface area contributed by atoms with Gasteiger partial charge in [0.15, 0.2) is 12.4 Å². The van der Waals surface area contributed by atoms with Crippen molar-refractivity contribution in [2.24, 2.45) is 0 Å². The number of ether oxygens (including phenoxy) is 1. The maximum atomic E-state index is 11.7. The summed E-state index contributed by atoms with van der Waals surface area (Å²) < 4.78 is 4.84. The lowest BCUT2D eigenvalue weighted by atomic mass is 10.2. The molecule has 0 aromatic carbocycles. The first-order valence-electron chi connectivity index (χ1n) is 6.06. The summed E-state index contributed by atoms with van der Waals surface area (Å²) in [7, 11) is 0. The van der Waals surface area contributed by atoms with Gasteiger partial charge < -0.3 is 9.72 Å². The third-order valence-electron chi connectivity index (χ3n) is 2.61. The molecule has 0 fully saturated rings. The number of H-pyrrole nitrogens is 1. The van der Waals surface area contributed by atoms with Gasteiger partial charge in [0.2, 0.25) is 5.78 Å². The summed E-state index contributed by atoms with van der Waals surface area (Å²) in [5.41, 5.74) is 0.396. The fourth-order valence-corrected chi connectivity index (χ4v) is 2.27. The summed E-state index contributed by atoms with van der Waals surface area (Å²) in [5.74, 6) is -0.935. The Morgan fingerprint density at radius 3 is 2.60 bits per heavy atom. The van der Waals surface area contributed by atoms with E-state index in [-0.39, 0.29) is 31.0 Å². The van der Waals surface area contributed by atoms with Crippen LogP contribution in [-0.2, 0) is 9.53 Å². The van der Waals surface area contributed by atoms with Crippen molar-refractivity contribution in [2.75, 3.05) is 6.61 Å². The minimum Gasteiger partial charge on any atom is -0.457 e. The van der Waals surface area contributed by atoms with Gasteiger partial charge in [-0.25, -0.2) is 0 Å². The fourth-order valence-electron chi connectivity index (χ4n) is 1.58. The molecule has 104 valence electrons. The van der Waals surface area contributed by atoms with Gasteiger partial charge in [-0.3, -0.25) is 14.4 Å². The number of aromatic nitrogens is 1. The van der Waals surface area contributed by atoms with Gasteiger partial charge in [0, 0.05) is 12.6 Å². The van der Waals surface area contributed by atoms with Crippen molar-refractivity contribution in [3.63, 3.8) is 0 Å². The lowest BCUT2D eigenvalue weighted by Gasteiger charge is -2.02. The van der Waals surface area contributed by atoms with Crippen LogP contribution >= 0.6 is 11.3 Å². The minimum atomic E-state index is -0.546. The Morgan fingerprint density at radius 2 is 1.95 bits per heavy atom. The molecule has 20 heavy (non-hydrogen) atoms. The Hall–Kier alpha value is -2.21. The number of carbonyl (C=O) groups is 3. The number of hydrogen-bond donors (Lipinski definition) is 1. The van der Waals surface area contributed by atoms with Crippen LogP contribution in [0.2, 0.25) is 0 Å². The summed E-state index contributed by atoms with van der Waals surface area (Å²) >= 11 is 1.34. The first-order chi connectivity index (χ1) is 9.66. The molecule has 2 aromatic heterocycles. The zero-order valence-corrected chi connectivity index (χ0v) is 11.4. The summed E-state index contributed by atoms with van der Waals surface area (Å²) in [6.45, 7) is -0.313. The van der Waals surface area contributed by atoms with E-state index in [4.69, 9.17) is 4.74 Å². The Kier molecular flexibility index (Phi) is 4.84. The second-order valence-electron chi connectivity index (χ2n) is 4.07. The normalized spacial score (nSPS) is 10.2. The number of ketones is 2. The van der Waals surface area contributed by atoms with Crippen LogP contribution in [0.15, 0.2) is 35.8 Å². The molecule has 2 aromatic rings. The first-order valence-corrected chi connectivity index (χ1v) is 6.93. The van der Waals surface area contributed by atoms with Crippen LogP contribution in [0.5, 0.6) is 0 Å². The van der Waals surface area contributed by atoms with E-state index in [2.05, 4.69) is 4.98 Å². The number of aromatic amines is 1. The van der Waals surface area contributed by atoms with Gasteiger partial charge in [0.25, 0.3) is 0 Å². The topological polar surface area (TPSA) is 76.2 Å². The molecule has 0 unspecified atom stereocenters. The first kappa shape index (κ1) is 14.2. The van der Waals surface area contributed by atoms with Crippen molar-refractivity contribution in [3.8, 4) is 0 Å². The molecule has 1 N–H and O–H groups in total. The third-order valence-corrected chi connectivity index (χ3v) is 3.53. The standard InChI is InChI=1S/C14H13NO4S/c16-11(13-4-2-8-20-13)5-6-14(18)19-9-12(17)10-3-1-7-15-10/h1-4,7-8,15H,5-6,9H2. The summed E-state index contributed by atoms with van der Waals surface area (Å²) in [4.78, 5) is 38.0. The highest BCUT2D eigenvalue weighted by Gasteiger charge is 2.13. The Labute approximate surface area is 119 Å². The zero-order chi connectivity index (χ0) is 14.4. The maximum Gasteiger partial charge on any atom is 0.306 e. The van der Waals surface area contributed by atoms with Gasteiger partial charge in [0.05, 0.1) is 17.0 Å². The fraction of sp³-hybridized carbons (Fsp3) is 0.214. The quantitative estimate of drug-likeness (QED) is 0.628. The van der Waals surface area contributed by atoms with Crippen LogP contribution in [0.4, 0.5) is 0 Å². The predicted octanol–water partition coefficient (Wildman–Crippen LogP) is 2.47. The molecule has 6 heteroatoms. The van der Waals surface area contributed by atoms with Gasteiger partial charge >= 0.3 is 5.97 Å². The van der Waals surface area contributed by atoms with Crippen molar-refractivity contribution in [3.05, 3.63) is 46.4 Å². The van der Waals surface area contributed by atoms with E-state index in [0.717, 1.165) is 0 Å². The molecule has 0 aliphatic carbocycles. The van der Waals surface area contributed by atoms with E-state index in [9.17, 15) is 14.4 Å². The highest BCUT2D eigenvalue weighted by Crippen LogP contribution is 2.12. The average molecular weight is 291 g/mol. The third kappa shape index (κ3) is 3.89. The van der Waals surface area contributed by atoms with Crippen molar-refractivity contribution in [1.82, 2.24) is 4.98 Å². The van der Waals surface area contributed by atoms with Crippen LogP contribution in [0, 0.1) is 0 Å².